The van der Waals surface area contributed by atoms with Gasteiger partial charge in [-0.05, 0) is 49.2 Å². The highest BCUT2D eigenvalue weighted by Crippen LogP contribution is 2.36. The van der Waals surface area contributed by atoms with Crippen molar-refractivity contribution in [2.75, 3.05) is 18.9 Å². The lowest BCUT2D eigenvalue weighted by Crippen LogP contribution is -2.29. The second-order valence-corrected chi connectivity index (χ2v) is 7.19. The minimum absolute atomic E-state index is 0.00969. The van der Waals surface area contributed by atoms with E-state index in [-0.39, 0.29) is 23.8 Å². The van der Waals surface area contributed by atoms with Gasteiger partial charge in [0.25, 0.3) is 5.69 Å². The lowest BCUT2D eigenvalue weighted by molar-refractivity contribution is -0.388. The van der Waals surface area contributed by atoms with E-state index in [1.165, 1.54) is 0 Å². The Morgan fingerprint density at radius 1 is 1.17 bits per heavy atom. The number of amides is 1. The number of rotatable bonds is 8. The fraction of sp³-hybridized carbons (Fsp3) is 0.316. The molecular weight excluding hydrogens is 409 g/mol. The molecule has 0 aliphatic heterocycles. The summed E-state index contributed by atoms with van der Waals surface area (Å²) in [6.45, 7) is 4.40. The Morgan fingerprint density at radius 3 is 2.52 bits per heavy atom. The van der Waals surface area contributed by atoms with Crippen LogP contribution in [0.3, 0.4) is 0 Å². The highest BCUT2D eigenvalue weighted by Gasteiger charge is 2.33. The molecule has 0 aromatic heterocycles. The molecule has 2 aromatic carbocycles. The molecule has 29 heavy (non-hydrogen) atoms. The van der Waals surface area contributed by atoms with Gasteiger partial charge in [0.15, 0.2) is 0 Å². The normalized spacial score (nSPS) is 11.2. The molecule has 2 aromatic rings. The van der Waals surface area contributed by atoms with Gasteiger partial charge in [-0.2, -0.15) is 13.2 Å². The number of nitro groups is 1. The van der Waals surface area contributed by atoms with Gasteiger partial charge in [0.1, 0.15) is 12.4 Å². The minimum Gasteiger partial charge on any atom is -0.492 e. The number of nitro benzene ring substituents is 1. The first kappa shape index (κ1) is 22.5. The van der Waals surface area contributed by atoms with Crippen LogP contribution < -0.4 is 10.1 Å². The Hall–Kier alpha value is -2.75. The third-order valence-electron chi connectivity index (χ3n) is 4.01. The van der Waals surface area contributed by atoms with Crippen molar-refractivity contribution in [3.63, 3.8) is 0 Å². The molecule has 0 bridgehead atoms. The maximum Gasteiger partial charge on any atom is 0.416 e. The number of hydrogen-bond acceptors (Lipinski definition) is 5. The molecule has 0 radical (unpaired) electrons. The predicted molar refractivity (Wildman–Crippen MR) is 103 cm³/mol. The first-order chi connectivity index (χ1) is 13.6. The number of alkyl halides is 3. The summed E-state index contributed by atoms with van der Waals surface area (Å²) in [5.74, 6) is 0.0977. The van der Waals surface area contributed by atoms with Crippen molar-refractivity contribution in [3.05, 3.63) is 63.2 Å². The van der Waals surface area contributed by atoms with Crippen LogP contribution in [0.4, 0.5) is 18.9 Å². The Morgan fingerprint density at radius 2 is 1.90 bits per heavy atom. The second-order valence-electron chi connectivity index (χ2n) is 6.17. The Bertz CT molecular complexity index is 904. The number of benzene rings is 2. The van der Waals surface area contributed by atoms with Crippen LogP contribution in [0.2, 0.25) is 0 Å². The molecule has 0 unspecified atom stereocenters. The molecule has 0 heterocycles. The van der Waals surface area contributed by atoms with Crippen LogP contribution in [0.15, 0.2) is 41.3 Å². The van der Waals surface area contributed by atoms with E-state index in [0.29, 0.717) is 11.8 Å². The van der Waals surface area contributed by atoms with E-state index < -0.39 is 28.3 Å². The summed E-state index contributed by atoms with van der Waals surface area (Å²) in [7, 11) is 0. The van der Waals surface area contributed by atoms with Crippen LogP contribution in [0, 0.1) is 24.0 Å². The van der Waals surface area contributed by atoms with Crippen molar-refractivity contribution in [3.8, 4) is 5.75 Å². The van der Waals surface area contributed by atoms with Gasteiger partial charge in [-0.25, -0.2) is 0 Å². The van der Waals surface area contributed by atoms with E-state index in [2.05, 4.69) is 5.32 Å². The summed E-state index contributed by atoms with van der Waals surface area (Å²) in [6, 6.07) is 7.86. The van der Waals surface area contributed by atoms with Gasteiger partial charge >= 0.3 is 6.18 Å². The molecule has 1 N–H and O–H groups in total. The molecule has 0 fully saturated rings. The zero-order valence-corrected chi connectivity index (χ0v) is 16.5. The average molecular weight is 428 g/mol. The third kappa shape index (κ3) is 6.67. The second kappa shape index (κ2) is 9.64. The molecule has 0 spiro atoms. The number of nitrogens with one attached hydrogen (secondary N) is 1. The van der Waals surface area contributed by atoms with Crippen LogP contribution >= 0.6 is 11.8 Å². The standard InChI is InChI=1S/C19H19F3N2O4S/c1-12-3-5-15(9-13(12)2)28-8-7-23-18(25)11-29-17-6-4-14(19(20,21)22)10-16(17)24(26)27/h3-6,9-10H,7-8,11H2,1-2H3,(H,23,25). The van der Waals surface area contributed by atoms with Gasteiger partial charge in [0.05, 0.1) is 27.7 Å². The first-order valence-electron chi connectivity index (χ1n) is 8.53. The highest BCUT2D eigenvalue weighted by molar-refractivity contribution is 8.00. The fourth-order valence-corrected chi connectivity index (χ4v) is 3.15. The summed E-state index contributed by atoms with van der Waals surface area (Å²) >= 11 is 0.799. The number of nitrogens with zero attached hydrogens (tertiary/aromatic N) is 1. The number of aryl methyl sites for hydroxylation is 2. The van der Waals surface area contributed by atoms with E-state index in [9.17, 15) is 28.1 Å². The van der Waals surface area contributed by atoms with Crippen molar-refractivity contribution in [2.45, 2.75) is 24.9 Å². The number of carbonyl (C=O) groups excluding carboxylic acids is 1. The van der Waals surface area contributed by atoms with Crippen molar-refractivity contribution < 1.29 is 27.6 Å². The Labute approximate surface area is 169 Å². The first-order valence-corrected chi connectivity index (χ1v) is 9.51. The van der Waals surface area contributed by atoms with Crippen molar-refractivity contribution >= 4 is 23.4 Å². The number of carbonyl (C=O) groups is 1. The molecule has 10 heteroatoms. The summed E-state index contributed by atoms with van der Waals surface area (Å²) in [6.07, 6.45) is -4.68. The summed E-state index contributed by atoms with van der Waals surface area (Å²) in [5, 5.41) is 13.6. The molecular formula is C19H19F3N2O4S. The van der Waals surface area contributed by atoms with Crippen molar-refractivity contribution in [2.24, 2.45) is 0 Å². The van der Waals surface area contributed by atoms with Crippen molar-refractivity contribution in [1.82, 2.24) is 5.32 Å². The van der Waals surface area contributed by atoms with E-state index in [1.54, 1.807) is 0 Å². The fourth-order valence-electron chi connectivity index (χ4n) is 2.32. The molecule has 2 rings (SSSR count). The summed E-state index contributed by atoms with van der Waals surface area (Å²) in [5.41, 5.74) is 0.429. The zero-order chi connectivity index (χ0) is 21.6. The van der Waals surface area contributed by atoms with Gasteiger partial charge in [-0.1, -0.05) is 6.07 Å². The van der Waals surface area contributed by atoms with E-state index in [4.69, 9.17) is 4.74 Å². The number of hydrogen-bond donors (Lipinski definition) is 1. The minimum atomic E-state index is -4.68. The predicted octanol–water partition coefficient (Wildman–Crippen LogP) is 4.52. The maximum absolute atomic E-state index is 12.7. The van der Waals surface area contributed by atoms with Crippen LogP contribution in [0.25, 0.3) is 0 Å². The number of thioether (sulfide) groups is 1. The van der Waals surface area contributed by atoms with E-state index >= 15 is 0 Å². The maximum atomic E-state index is 12.7. The summed E-state index contributed by atoms with van der Waals surface area (Å²) < 4.78 is 43.7. The van der Waals surface area contributed by atoms with Crippen molar-refractivity contribution in [1.29, 1.82) is 0 Å². The lowest BCUT2D eigenvalue weighted by Gasteiger charge is -2.10. The average Bonchev–Trinajstić information content (AvgIpc) is 2.65. The molecule has 0 saturated heterocycles. The molecule has 0 aliphatic rings. The SMILES string of the molecule is Cc1ccc(OCCNC(=O)CSc2ccc(C(F)(F)F)cc2[N+](=O)[O-])cc1C. The van der Waals surface area contributed by atoms with E-state index in [1.807, 2.05) is 32.0 Å². The largest absolute Gasteiger partial charge is 0.492 e. The van der Waals surface area contributed by atoms with Gasteiger partial charge in [0, 0.05) is 6.07 Å². The van der Waals surface area contributed by atoms with Gasteiger partial charge in [0.2, 0.25) is 5.91 Å². The third-order valence-corrected chi connectivity index (χ3v) is 5.08. The topological polar surface area (TPSA) is 81.5 Å². The molecule has 156 valence electrons. The number of ether oxygens (including phenoxy) is 1. The molecule has 0 saturated carbocycles. The quantitative estimate of drug-likeness (QED) is 0.289. The van der Waals surface area contributed by atoms with Crippen LogP contribution in [0.5, 0.6) is 5.75 Å². The van der Waals surface area contributed by atoms with Gasteiger partial charge in [-0.3, -0.25) is 14.9 Å². The van der Waals surface area contributed by atoms with E-state index in [0.717, 1.165) is 35.0 Å². The molecule has 0 atom stereocenters. The van der Waals surface area contributed by atoms with Gasteiger partial charge < -0.3 is 10.1 Å². The Balaban J connectivity index is 1.84. The molecule has 1 amide bonds. The lowest BCUT2D eigenvalue weighted by atomic mass is 10.1. The van der Waals surface area contributed by atoms with Gasteiger partial charge in [-0.15, -0.1) is 11.8 Å². The Kier molecular flexibility index (Phi) is 7.49. The monoisotopic (exact) mass is 428 g/mol. The van der Waals surface area contributed by atoms with Crippen LogP contribution in [-0.2, 0) is 11.0 Å². The van der Waals surface area contributed by atoms with Crippen LogP contribution in [-0.4, -0.2) is 29.7 Å². The highest BCUT2D eigenvalue weighted by atomic mass is 32.2. The molecule has 0 aliphatic carbocycles. The van der Waals surface area contributed by atoms with Crippen LogP contribution in [0.1, 0.15) is 16.7 Å². The zero-order valence-electron chi connectivity index (χ0n) is 15.7. The molecule has 6 nitrogen and oxygen atoms in total. The number of halogens is 3. The summed E-state index contributed by atoms with van der Waals surface area (Å²) in [4.78, 5) is 22.0. The smallest absolute Gasteiger partial charge is 0.416 e.